The first-order valence-corrected chi connectivity index (χ1v) is 6.79. The molecule has 1 aromatic carbocycles. The molecule has 2 heterocycles. The van der Waals surface area contributed by atoms with Gasteiger partial charge in [0.1, 0.15) is 17.6 Å². The minimum absolute atomic E-state index is 0.478. The van der Waals surface area contributed by atoms with Crippen LogP contribution in [0.5, 0.6) is 0 Å². The number of nitrogens with zero attached hydrogens (tertiary/aromatic N) is 1. The van der Waals surface area contributed by atoms with Gasteiger partial charge >= 0.3 is 5.97 Å². The molecular weight excluding hydrogens is 254 g/mol. The molecule has 104 valence electrons. The molecule has 3 rings (SSSR count). The monoisotopic (exact) mass is 271 g/mol. The molecule has 1 aliphatic heterocycles. The van der Waals surface area contributed by atoms with E-state index in [1.807, 2.05) is 35.2 Å². The van der Waals surface area contributed by atoms with Crippen molar-refractivity contribution in [2.45, 2.75) is 25.9 Å². The van der Waals surface area contributed by atoms with Crippen molar-refractivity contribution in [3.63, 3.8) is 0 Å². The number of rotatable bonds is 3. The third kappa shape index (κ3) is 2.34. The first-order chi connectivity index (χ1) is 9.65. The number of hydrogen-bond acceptors (Lipinski definition) is 3. The molecule has 0 bridgehead atoms. The number of furan rings is 1. The van der Waals surface area contributed by atoms with Crippen LogP contribution in [0, 0.1) is 0 Å². The van der Waals surface area contributed by atoms with Crippen LogP contribution in [-0.2, 0) is 17.8 Å². The molecule has 1 aromatic heterocycles. The summed E-state index contributed by atoms with van der Waals surface area (Å²) in [5.41, 5.74) is 2.25. The summed E-state index contributed by atoms with van der Waals surface area (Å²) in [4.78, 5) is 13.0. The van der Waals surface area contributed by atoms with E-state index < -0.39 is 12.0 Å². The summed E-state index contributed by atoms with van der Waals surface area (Å²) in [5.74, 6) is 0.965. The predicted octanol–water partition coefficient (Wildman–Crippen LogP) is 2.78. The van der Waals surface area contributed by atoms with Crippen molar-refractivity contribution < 1.29 is 14.3 Å². The lowest BCUT2D eigenvalue weighted by molar-refractivity contribution is -0.143. The molecule has 0 amide bonds. The van der Waals surface area contributed by atoms with Crippen molar-refractivity contribution in [3.05, 3.63) is 47.7 Å². The maximum absolute atomic E-state index is 11.1. The Morgan fingerprint density at radius 3 is 2.80 bits per heavy atom. The van der Waals surface area contributed by atoms with Crippen LogP contribution in [0.15, 0.2) is 40.8 Å². The smallest absolute Gasteiger partial charge is 0.320 e. The first kappa shape index (κ1) is 12.9. The fourth-order valence-electron chi connectivity index (χ4n) is 2.57. The van der Waals surface area contributed by atoms with E-state index in [1.165, 1.54) is 5.56 Å². The van der Waals surface area contributed by atoms with E-state index in [1.54, 1.807) is 6.92 Å². The normalized spacial score (nSPS) is 16.6. The molecular formula is C16H17NO3. The second kappa shape index (κ2) is 5.13. The van der Waals surface area contributed by atoms with Gasteiger partial charge in [-0.2, -0.15) is 0 Å². The first-order valence-electron chi connectivity index (χ1n) is 6.79. The van der Waals surface area contributed by atoms with Crippen LogP contribution in [0.1, 0.15) is 18.2 Å². The molecule has 0 radical (unpaired) electrons. The summed E-state index contributed by atoms with van der Waals surface area (Å²) in [6.07, 6.45) is 0.837. The molecule has 4 heteroatoms. The third-order valence-electron chi connectivity index (χ3n) is 3.88. The number of hydrogen-bond donors (Lipinski definition) is 1. The number of benzene rings is 1. The number of carbonyl (C=O) groups is 1. The van der Waals surface area contributed by atoms with Gasteiger partial charge in [0, 0.05) is 12.1 Å². The highest BCUT2D eigenvalue weighted by atomic mass is 16.4. The lowest BCUT2D eigenvalue weighted by Crippen LogP contribution is -2.41. The quantitative estimate of drug-likeness (QED) is 0.932. The van der Waals surface area contributed by atoms with Crippen LogP contribution in [0.4, 0.5) is 0 Å². The van der Waals surface area contributed by atoms with Crippen molar-refractivity contribution in [2.75, 3.05) is 6.54 Å². The highest BCUT2D eigenvalue weighted by Gasteiger charge is 2.27. The zero-order chi connectivity index (χ0) is 14.1. The average molecular weight is 271 g/mol. The number of aliphatic carboxylic acids is 1. The molecule has 2 aromatic rings. The van der Waals surface area contributed by atoms with Gasteiger partial charge in [0.05, 0.1) is 6.54 Å². The molecule has 1 atom stereocenters. The summed E-state index contributed by atoms with van der Waals surface area (Å²) in [5, 5.41) is 9.09. The Morgan fingerprint density at radius 1 is 1.35 bits per heavy atom. The summed E-state index contributed by atoms with van der Waals surface area (Å²) >= 11 is 0. The van der Waals surface area contributed by atoms with Gasteiger partial charge in [-0.1, -0.05) is 30.3 Å². The molecule has 0 fully saturated rings. The zero-order valence-corrected chi connectivity index (χ0v) is 11.4. The fourth-order valence-corrected chi connectivity index (χ4v) is 2.57. The minimum atomic E-state index is -0.789. The van der Waals surface area contributed by atoms with Crippen LogP contribution in [0.25, 0.3) is 11.3 Å². The Balaban J connectivity index is 1.85. The maximum Gasteiger partial charge on any atom is 0.320 e. The van der Waals surface area contributed by atoms with Crippen LogP contribution in [-0.4, -0.2) is 28.6 Å². The molecule has 1 aliphatic rings. The number of carboxylic acids is 1. The molecule has 0 unspecified atom stereocenters. The molecule has 20 heavy (non-hydrogen) atoms. The zero-order valence-electron chi connectivity index (χ0n) is 11.4. The summed E-state index contributed by atoms with van der Waals surface area (Å²) in [6.45, 7) is 3.04. The molecule has 0 saturated carbocycles. The van der Waals surface area contributed by atoms with Gasteiger partial charge < -0.3 is 9.52 Å². The van der Waals surface area contributed by atoms with E-state index in [4.69, 9.17) is 9.52 Å². The van der Waals surface area contributed by atoms with E-state index in [2.05, 4.69) is 6.07 Å². The highest BCUT2D eigenvalue weighted by Crippen LogP contribution is 2.29. The Morgan fingerprint density at radius 2 is 2.10 bits per heavy atom. The largest absolute Gasteiger partial charge is 0.480 e. The van der Waals surface area contributed by atoms with Crippen LogP contribution in [0.2, 0.25) is 0 Å². The van der Waals surface area contributed by atoms with Gasteiger partial charge in [-0.15, -0.1) is 0 Å². The van der Waals surface area contributed by atoms with E-state index >= 15 is 0 Å². The Kier molecular flexibility index (Phi) is 3.32. The molecule has 0 spiro atoms. The van der Waals surface area contributed by atoms with Crippen LogP contribution < -0.4 is 0 Å². The van der Waals surface area contributed by atoms with E-state index in [0.717, 1.165) is 30.0 Å². The topological polar surface area (TPSA) is 53.7 Å². The van der Waals surface area contributed by atoms with Crippen molar-refractivity contribution >= 4 is 5.97 Å². The summed E-state index contributed by atoms with van der Waals surface area (Å²) < 4.78 is 5.92. The highest BCUT2D eigenvalue weighted by molar-refractivity contribution is 5.73. The van der Waals surface area contributed by atoms with Gasteiger partial charge in [-0.05, 0) is 25.0 Å². The second-order valence-electron chi connectivity index (χ2n) is 5.16. The Labute approximate surface area is 117 Å². The van der Waals surface area contributed by atoms with Gasteiger partial charge in [-0.25, -0.2) is 0 Å². The summed E-state index contributed by atoms with van der Waals surface area (Å²) in [7, 11) is 0. The van der Waals surface area contributed by atoms with Crippen molar-refractivity contribution in [3.8, 4) is 11.3 Å². The molecule has 0 aliphatic carbocycles. The standard InChI is InChI=1S/C16H17NO3/c1-11(16(18)19)17-8-7-13-9-14(20-15(13)10-17)12-5-3-2-4-6-12/h2-6,9,11H,7-8,10H2,1H3,(H,18,19)/t11-/m1/s1. The van der Waals surface area contributed by atoms with Gasteiger partial charge in [0.25, 0.3) is 0 Å². The second-order valence-corrected chi connectivity index (χ2v) is 5.16. The molecule has 0 saturated heterocycles. The van der Waals surface area contributed by atoms with E-state index in [-0.39, 0.29) is 0 Å². The Bertz CT molecular complexity index is 618. The molecule has 4 nitrogen and oxygen atoms in total. The minimum Gasteiger partial charge on any atom is -0.480 e. The van der Waals surface area contributed by atoms with E-state index in [0.29, 0.717) is 6.54 Å². The lowest BCUT2D eigenvalue weighted by Gasteiger charge is -2.28. The Hall–Kier alpha value is -2.07. The van der Waals surface area contributed by atoms with E-state index in [9.17, 15) is 4.79 Å². The number of carboxylic acid groups (broad SMARTS) is 1. The predicted molar refractivity (Wildman–Crippen MR) is 75.4 cm³/mol. The fraction of sp³-hybridized carbons (Fsp3) is 0.312. The van der Waals surface area contributed by atoms with Crippen LogP contribution in [0.3, 0.4) is 0 Å². The third-order valence-corrected chi connectivity index (χ3v) is 3.88. The SMILES string of the molecule is C[C@H](C(=O)O)N1CCc2cc(-c3ccccc3)oc2C1. The lowest BCUT2D eigenvalue weighted by atomic mass is 10.1. The van der Waals surface area contributed by atoms with Crippen molar-refractivity contribution in [1.82, 2.24) is 4.90 Å². The van der Waals surface area contributed by atoms with Gasteiger partial charge in [0.2, 0.25) is 0 Å². The van der Waals surface area contributed by atoms with Gasteiger partial charge in [0.15, 0.2) is 0 Å². The van der Waals surface area contributed by atoms with Crippen molar-refractivity contribution in [1.29, 1.82) is 0 Å². The van der Waals surface area contributed by atoms with Crippen molar-refractivity contribution in [2.24, 2.45) is 0 Å². The average Bonchev–Trinajstić information content (AvgIpc) is 2.90. The van der Waals surface area contributed by atoms with Gasteiger partial charge in [-0.3, -0.25) is 9.69 Å². The summed E-state index contributed by atoms with van der Waals surface area (Å²) in [6, 6.07) is 11.6. The maximum atomic E-state index is 11.1. The number of fused-ring (bicyclic) bond motifs is 1. The molecule has 1 N–H and O–H groups in total. The van der Waals surface area contributed by atoms with Crippen LogP contribution >= 0.6 is 0 Å².